The van der Waals surface area contributed by atoms with E-state index in [2.05, 4.69) is 51.1 Å². The number of amides is 2. The number of ether oxygens (including phenoxy) is 3. The minimum Gasteiger partial charge on any atom is -0.493 e. The van der Waals surface area contributed by atoms with Crippen LogP contribution in [-0.2, 0) is 4.79 Å². The van der Waals surface area contributed by atoms with Crippen molar-refractivity contribution in [3.63, 3.8) is 0 Å². The lowest BCUT2D eigenvalue weighted by molar-refractivity contribution is -0.123. The van der Waals surface area contributed by atoms with Gasteiger partial charge in [-0.2, -0.15) is 0 Å². The number of methoxy groups -OCH3 is 1. The van der Waals surface area contributed by atoms with Crippen LogP contribution in [0.2, 0.25) is 0 Å². The number of thioether (sulfide) groups is 1. The topological polar surface area (TPSA) is 65.1 Å². The van der Waals surface area contributed by atoms with Gasteiger partial charge in [0.05, 0.1) is 25.7 Å². The van der Waals surface area contributed by atoms with Crippen molar-refractivity contribution in [3.05, 3.63) is 54.0 Å². The van der Waals surface area contributed by atoms with Gasteiger partial charge in [-0.3, -0.25) is 14.5 Å². The van der Waals surface area contributed by atoms with Crippen LogP contribution in [0.25, 0.3) is 6.08 Å². The third kappa shape index (κ3) is 5.87. The van der Waals surface area contributed by atoms with Gasteiger partial charge in [0, 0.05) is 0 Å². The van der Waals surface area contributed by atoms with Crippen molar-refractivity contribution in [3.8, 4) is 29.6 Å². The predicted molar refractivity (Wildman–Crippen MR) is 137 cm³/mol. The molecule has 0 unspecified atom stereocenters. The van der Waals surface area contributed by atoms with E-state index in [1.165, 1.54) is 4.90 Å². The molecule has 3 rings (SSSR count). The first-order valence-corrected chi connectivity index (χ1v) is 12.0. The number of hydrogen-bond donors (Lipinski definition) is 0. The fraction of sp³-hybridized carbons (Fsp3) is 0.182. The number of nitrogens with zero attached hydrogens (tertiary/aromatic N) is 1. The van der Waals surface area contributed by atoms with E-state index in [9.17, 15) is 9.59 Å². The van der Waals surface area contributed by atoms with Crippen LogP contribution >= 0.6 is 56.9 Å². The summed E-state index contributed by atoms with van der Waals surface area (Å²) in [6, 6.07) is 11.0. The predicted octanol–water partition coefficient (Wildman–Crippen LogP) is 5.03. The number of para-hydroxylation sites is 2. The first-order chi connectivity index (χ1) is 14.9. The number of imide groups is 1. The van der Waals surface area contributed by atoms with Crippen LogP contribution in [0.15, 0.2) is 41.3 Å². The summed E-state index contributed by atoms with van der Waals surface area (Å²) in [5.41, 5.74) is 0.803. The Hall–Kier alpha value is -1.91. The Morgan fingerprint density at radius 3 is 2.45 bits per heavy atom. The van der Waals surface area contributed by atoms with E-state index in [4.69, 9.17) is 20.6 Å². The summed E-state index contributed by atoms with van der Waals surface area (Å²) in [5.74, 6) is 3.97. The number of carbonyl (C=O) groups is 2. The molecule has 0 aliphatic carbocycles. The third-order valence-electron chi connectivity index (χ3n) is 4.13. The SMILES string of the molecule is C#CCOc1c(I)cc(/C=C2\SC(=O)N(CCOc3ccccc3OC)C2=O)cc1I. The minimum absolute atomic E-state index is 0.147. The zero-order valence-electron chi connectivity index (χ0n) is 16.4. The van der Waals surface area contributed by atoms with Gasteiger partial charge in [0.15, 0.2) is 11.5 Å². The molecular weight excluding hydrogens is 644 g/mol. The molecule has 1 heterocycles. The zero-order chi connectivity index (χ0) is 22.4. The standard InChI is InChI=1S/C22H17I2NO5S/c1-3-9-30-20-15(23)11-14(12-16(20)24)13-19-21(26)25(22(27)31-19)8-10-29-18-7-5-4-6-17(18)28-2/h1,4-7,11-13H,8-10H2,2H3/b19-13-. The summed E-state index contributed by atoms with van der Waals surface area (Å²) in [6.45, 7) is 0.498. The number of terminal acetylenes is 1. The van der Waals surface area contributed by atoms with Gasteiger partial charge in [0.25, 0.3) is 11.1 Å². The second-order valence-electron chi connectivity index (χ2n) is 6.14. The highest BCUT2D eigenvalue weighted by Gasteiger charge is 2.34. The lowest BCUT2D eigenvalue weighted by Gasteiger charge is -2.14. The summed E-state index contributed by atoms with van der Waals surface area (Å²) in [4.78, 5) is 26.7. The zero-order valence-corrected chi connectivity index (χ0v) is 21.5. The first-order valence-electron chi connectivity index (χ1n) is 9.01. The molecule has 0 saturated carbocycles. The van der Waals surface area contributed by atoms with E-state index in [-0.39, 0.29) is 30.9 Å². The second-order valence-corrected chi connectivity index (χ2v) is 9.46. The fourth-order valence-electron chi connectivity index (χ4n) is 2.74. The highest BCUT2D eigenvalue weighted by molar-refractivity contribution is 14.1. The Morgan fingerprint density at radius 1 is 1.13 bits per heavy atom. The maximum Gasteiger partial charge on any atom is 0.293 e. The minimum atomic E-state index is -0.337. The van der Waals surface area contributed by atoms with Crippen molar-refractivity contribution >= 4 is 74.2 Å². The molecule has 1 aliphatic heterocycles. The van der Waals surface area contributed by atoms with Crippen LogP contribution in [0.3, 0.4) is 0 Å². The van der Waals surface area contributed by atoms with E-state index < -0.39 is 0 Å². The van der Waals surface area contributed by atoms with Crippen LogP contribution in [-0.4, -0.2) is 42.9 Å². The molecule has 9 heteroatoms. The van der Waals surface area contributed by atoms with Gasteiger partial charge >= 0.3 is 0 Å². The maximum atomic E-state index is 12.7. The lowest BCUT2D eigenvalue weighted by atomic mass is 10.2. The van der Waals surface area contributed by atoms with Gasteiger partial charge in [-0.25, -0.2) is 0 Å². The quantitative estimate of drug-likeness (QED) is 0.225. The highest BCUT2D eigenvalue weighted by atomic mass is 127. The smallest absolute Gasteiger partial charge is 0.293 e. The van der Waals surface area contributed by atoms with Crippen molar-refractivity contribution in [2.24, 2.45) is 0 Å². The van der Waals surface area contributed by atoms with E-state index in [1.54, 1.807) is 25.3 Å². The van der Waals surface area contributed by atoms with Gasteiger partial charge in [-0.15, -0.1) is 6.42 Å². The molecule has 2 amide bonds. The molecule has 0 aromatic heterocycles. The molecule has 1 saturated heterocycles. The number of rotatable bonds is 8. The van der Waals surface area contributed by atoms with Crippen LogP contribution in [0.1, 0.15) is 5.56 Å². The van der Waals surface area contributed by atoms with Crippen LogP contribution in [0.5, 0.6) is 17.2 Å². The summed E-state index contributed by atoms with van der Waals surface area (Å²) >= 11 is 5.23. The van der Waals surface area contributed by atoms with E-state index >= 15 is 0 Å². The van der Waals surface area contributed by atoms with Crippen molar-refractivity contribution in [2.75, 3.05) is 26.9 Å². The number of carbonyl (C=O) groups excluding carboxylic acids is 2. The molecule has 1 fully saturated rings. The monoisotopic (exact) mass is 661 g/mol. The largest absolute Gasteiger partial charge is 0.493 e. The average molecular weight is 661 g/mol. The molecule has 0 atom stereocenters. The van der Waals surface area contributed by atoms with Crippen molar-refractivity contribution in [2.45, 2.75) is 0 Å². The van der Waals surface area contributed by atoms with Crippen LogP contribution in [0.4, 0.5) is 4.79 Å². The summed E-state index contributed by atoms with van der Waals surface area (Å²) in [7, 11) is 1.56. The molecular formula is C22H17I2NO5S. The highest BCUT2D eigenvalue weighted by Crippen LogP contribution is 2.35. The molecule has 0 spiro atoms. The molecule has 31 heavy (non-hydrogen) atoms. The normalized spacial score (nSPS) is 14.6. The van der Waals surface area contributed by atoms with Gasteiger partial charge in [0.1, 0.15) is 19.0 Å². The molecule has 0 radical (unpaired) electrons. The Bertz CT molecular complexity index is 1060. The van der Waals surface area contributed by atoms with Crippen molar-refractivity contribution in [1.82, 2.24) is 4.90 Å². The van der Waals surface area contributed by atoms with Gasteiger partial charge in [-0.05, 0) is 92.8 Å². The Labute approximate surface area is 212 Å². The Kier molecular flexibility index (Phi) is 8.50. The van der Waals surface area contributed by atoms with Gasteiger partial charge in [0.2, 0.25) is 0 Å². The molecule has 6 nitrogen and oxygen atoms in total. The molecule has 0 N–H and O–H groups in total. The Balaban J connectivity index is 1.68. The maximum absolute atomic E-state index is 12.7. The van der Waals surface area contributed by atoms with E-state index in [0.29, 0.717) is 22.2 Å². The molecule has 2 aromatic rings. The van der Waals surface area contributed by atoms with Crippen molar-refractivity contribution < 1.29 is 23.8 Å². The van der Waals surface area contributed by atoms with Crippen molar-refractivity contribution in [1.29, 1.82) is 0 Å². The Morgan fingerprint density at radius 2 is 1.81 bits per heavy atom. The molecule has 160 valence electrons. The lowest BCUT2D eigenvalue weighted by Crippen LogP contribution is -2.32. The molecule has 1 aliphatic rings. The molecule has 2 aromatic carbocycles. The second kappa shape index (κ2) is 11.1. The van der Waals surface area contributed by atoms with Crippen LogP contribution in [0, 0.1) is 19.5 Å². The van der Waals surface area contributed by atoms with Gasteiger partial charge < -0.3 is 14.2 Å². The average Bonchev–Trinajstić information content (AvgIpc) is 3.01. The van der Waals surface area contributed by atoms with Crippen LogP contribution < -0.4 is 14.2 Å². The van der Waals surface area contributed by atoms with E-state index in [0.717, 1.165) is 24.5 Å². The van der Waals surface area contributed by atoms with Gasteiger partial charge in [-0.1, -0.05) is 18.1 Å². The summed E-state index contributed by atoms with van der Waals surface area (Å²) in [5, 5.41) is -0.321. The summed E-state index contributed by atoms with van der Waals surface area (Å²) < 4.78 is 18.2. The number of hydrogen-bond acceptors (Lipinski definition) is 6. The third-order valence-corrected chi connectivity index (χ3v) is 6.64. The van der Waals surface area contributed by atoms with E-state index in [1.807, 2.05) is 24.3 Å². The first kappa shape index (κ1) is 23.7. The fourth-order valence-corrected chi connectivity index (χ4v) is 5.74. The molecule has 0 bridgehead atoms. The summed E-state index contributed by atoms with van der Waals surface area (Å²) in [6.07, 6.45) is 6.97. The number of benzene rings is 2. The number of halogens is 2.